The molecule has 0 atom stereocenters. The number of ether oxygens (including phenoxy) is 3. The molecule has 0 fully saturated rings. The fraction of sp³-hybridized carbons (Fsp3) is 0.857. The summed E-state index contributed by atoms with van der Waals surface area (Å²) in [6.07, 6.45) is 0. The molecule has 0 radical (unpaired) electrons. The summed E-state index contributed by atoms with van der Waals surface area (Å²) in [6, 6.07) is 0. The minimum absolute atomic E-state index is 0.233. The summed E-state index contributed by atoms with van der Waals surface area (Å²) in [7, 11) is 1.62. The van der Waals surface area contributed by atoms with Gasteiger partial charge in [0.1, 0.15) is 6.73 Å². The van der Waals surface area contributed by atoms with Crippen LogP contribution in [0.3, 0.4) is 0 Å². The lowest BCUT2D eigenvalue weighted by Gasteiger charge is -2.04. The van der Waals surface area contributed by atoms with Gasteiger partial charge in [0, 0.05) is 13.7 Å². The Morgan fingerprint density at radius 2 is 2.17 bits per heavy atom. The first-order valence-electron chi connectivity index (χ1n) is 3.74. The van der Waals surface area contributed by atoms with E-state index in [1.54, 1.807) is 7.11 Å². The molecule has 12 heavy (non-hydrogen) atoms. The Hall–Kier alpha value is -0.650. The van der Waals surface area contributed by atoms with Crippen molar-refractivity contribution in [3.8, 4) is 0 Å². The lowest BCUT2D eigenvalue weighted by atomic mass is 10.7. The lowest BCUT2D eigenvalue weighted by molar-refractivity contribution is -0.129. The monoisotopic (exact) mass is 177 g/mol. The van der Waals surface area contributed by atoms with Gasteiger partial charge in [0.2, 0.25) is 0 Å². The molecule has 0 spiro atoms. The van der Waals surface area contributed by atoms with Crippen LogP contribution in [0.4, 0.5) is 0 Å². The molecule has 0 unspecified atom stereocenters. The Bertz CT molecular complexity index is 99.4. The fourth-order valence-corrected chi connectivity index (χ4v) is 0.554. The second-order valence-corrected chi connectivity index (χ2v) is 2.01. The van der Waals surface area contributed by atoms with Crippen LogP contribution in [-0.2, 0) is 19.0 Å². The molecule has 0 aromatic rings. The maximum atomic E-state index is 9.67. The molecule has 0 aliphatic carbocycles. The van der Waals surface area contributed by atoms with E-state index in [1.807, 2.05) is 0 Å². The van der Waals surface area contributed by atoms with Crippen LogP contribution >= 0.6 is 0 Å². The molecule has 5 nitrogen and oxygen atoms in total. The topological polar surface area (TPSA) is 56.8 Å². The minimum atomic E-state index is 0.233. The Morgan fingerprint density at radius 1 is 1.33 bits per heavy atom. The first-order valence-corrected chi connectivity index (χ1v) is 3.74. The van der Waals surface area contributed by atoms with Crippen LogP contribution in [0.2, 0.25) is 0 Å². The van der Waals surface area contributed by atoms with Gasteiger partial charge >= 0.3 is 0 Å². The van der Waals surface area contributed by atoms with Gasteiger partial charge in [-0.2, -0.15) is 0 Å². The molecular formula is C7H15NO4. The van der Waals surface area contributed by atoms with Crippen molar-refractivity contribution in [2.45, 2.75) is 0 Å². The van der Waals surface area contributed by atoms with Crippen LogP contribution in [0, 0.1) is 0 Å². The average Bonchev–Trinajstić information content (AvgIpc) is 2.10. The van der Waals surface area contributed by atoms with E-state index in [0.717, 1.165) is 0 Å². The van der Waals surface area contributed by atoms with Crippen LogP contribution < -0.4 is 5.32 Å². The van der Waals surface area contributed by atoms with E-state index >= 15 is 0 Å². The van der Waals surface area contributed by atoms with E-state index in [1.165, 1.54) is 0 Å². The van der Waals surface area contributed by atoms with Crippen LogP contribution in [0.1, 0.15) is 0 Å². The molecule has 0 aliphatic heterocycles. The van der Waals surface area contributed by atoms with E-state index in [4.69, 9.17) is 9.47 Å². The summed E-state index contributed by atoms with van der Waals surface area (Å²) in [5.41, 5.74) is 0. The molecule has 0 rings (SSSR count). The Balaban J connectivity index is 2.77. The second-order valence-electron chi connectivity index (χ2n) is 2.01. The van der Waals surface area contributed by atoms with E-state index in [0.29, 0.717) is 32.8 Å². The summed E-state index contributed by atoms with van der Waals surface area (Å²) in [5, 5.41) is 2.84. The molecule has 1 N–H and O–H groups in total. The Morgan fingerprint density at radius 3 is 2.83 bits per heavy atom. The van der Waals surface area contributed by atoms with E-state index < -0.39 is 0 Å². The number of hydrogen-bond acceptors (Lipinski definition) is 5. The molecule has 0 amide bonds. The van der Waals surface area contributed by atoms with Gasteiger partial charge in [0.05, 0.1) is 19.8 Å². The maximum Gasteiger partial charge on any atom is 0.294 e. The molecule has 0 bridgehead atoms. The first-order chi connectivity index (χ1) is 5.91. The van der Waals surface area contributed by atoms with E-state index in [9.17, 15) is 4.79 Å². The highest BCUT2D eigenvalue weighted by Gasteiger charge is 1.87. The third-order valence-corrected chi connectivity index (χ3v) is 1.11. The van der Waals surface area contributed by atoms with Gasteiger partial charge in [0.15, 0.2) is 0 Å². The summed E-state index contributed by atoms with van der Waals surface area (Å²) < 4.78 is 14.3. The van der Waals surface area contributed by atoms with Crippen molar-refractivity contribution >= 4 is 6.47 Å². The predicted octanol–water partition coefficient (Wildman–Crippen LogP) is -0.630. The Labute approximate surface area is 72.0 Å². The molecular weight excluding hydrogens is 162 g/mol. The molecule has 0 heterocycles. The quantitative estimate of drug-likeness (QED) is 0.289. The Kier molecular flexibility index (Phi) is 9.79. The summed E-state index contributed by atoms with van der Waals surface area (Å²) in [6.45, 7) is 3.08. The van der Waals surface area contributed by atoms with Crippen molar-refractivity contribution in [2.24, 2.45) is 0 Å². The van der Waals surface area contributed by atoms with Crippen molar-refractivity contribution in [1.29, 1.82) is 0 Å². The fourth-order valence-electron chi connectivity index (χ4n) is 0.554. The van der Waals surface area contributed by atoms with Gasteiger partial charge in [-0.25, -0.2) is 0 Å². The third kappa shape index (κ3) is 9.35. The summed E-state index contributed by atoms with van der Waals surface area (Å²) in [5.74, 6) is 0. The summed E-state index contributed by atoms with van der Waals surface area (Å²) in [4.78, 5) is 9.67. The number of carbonyl (C=O) groups is 1. The van der Waals surface area contributed by atoms with Gasteiger partial charge in [0.25, 0.3) is 6.47 Å². The van der Waals surface area contributed by atoms with Gasteiger partial charge in [-0.3, -0.25) is 10.1 Å². The zero-order valence-corrected chi connectivity index (χ0v) is 7.25. The van der Waals surface area contributed by atoms with Crippen LogP contribution in [0.25, 0.3) is 0 Å². The van der Waals surface area contributed by atoms with Gasteiger partial charge < -0.3 is 14.2 Å². The highest BCUT2D eigenvalue weighted by molar-refractivity contribution is 5.36. The number of nitrogens with one attached hydrogen (secondary N) is 1. The second kappa shape index (κ2) is 10.3. The van der Waals surface area contributed by atoms with Crippen molar-refractivity contribution in [3.63, 3.8) is 0 Å². The third-order valence-electron chi connectivity index (χ3n) is 1.11. The SMILES string of the molecule is COCCOCCNCOC=O. The average molecular weight is 177 g/mol. The maximum absolute atomic E-state index is 9.67. The molecule has 0 aliphatic rings. The molecule has 5 heteroatoms. The number of carbonyl (C=O) groups excluding carboxylic acids is 1. The number of hydrogen-bond donors (Lipinski definition) is 1. The van der Waals surface area contributed by atoms with Crippen LogP contribution in [0.15, 0.2) is 0 Å². The zero-order chi connectivity index (χ0) is 9.07. The van der Waals surface area contributed by atoms with Crippen molar-refractivity contribution in [3.05, 3.63) is 0 Å². The highest BCUT2D eigenvalue weighted by Crippen LogP contribution is 1.74. The van der Waals surface area contributed by atoms with Crippen molar-refractivity contribution < 1.29 is 19.0 Å². The molecule has 0 aromatic heterocycles. The van der Waals surface area contributed by atoms with Crippen LogP contribution in [0.5, 0.6) is 0 Å². The normalized spacial score (nSPS) is 9.75. The lowest BCUT2D eigenvalue weighted by Crippen LogP contribution is -2.23. The molecule has 0 saturated carbocycles. The van der Waals surface area contributed by atoms with Gasteiger partial charge in [-0.15, -0.1) is 0 Å². The smallest absolute Gasteiger partial charge is 0.294 e. The van der Waals surface area contributed by atoms with Crippen molar-refractivity contribution in [1.82, 2.24) is 5.32 Å². The van der Waals surface area contributed by atoms with Crippen LogP contribution in [-0.4, -0.2) is 46.7 Å². The van der Waals surface area contributed by atoms with E-state index in [-0.39, 0.29) is 6.73 Å². The van der Waals surface area contributed by atoms with Gasteiger partial charge in [-0.1, -0.05) is 0 Å². The standard InChI is InChI=1S/C7H15NO4/c1-10-4-5-11-3-2-8-6-12-7-9/h7-8H,2-6H2,1H3. The number of methoxy groups -OCH3 is 1. The van der Waals surface area contributed by atoms with E-state index in [2.05, 4.69) is 10.1 Å². The predicted molar refractivity (Wildman–Crippen MR) is 42.7 cm³/mol. The van der Waals surface area contributed by atoms with Crippen molar-refractivity contribution in [2.75, 3.05) is 40.2 Å². The molecule has 0 saturated heterocycles. The largest absolute Gasteiger partial charge is 0.452 e. The minimum Gasteiger partial charge on any atom is -0.452 e. The first kappa shape index (κ1) is 11.4. The zero-order valence-electron chi connectivity index (χ0n) is 7.25. The van der Waals surface area contributed by atoms with Gasteiger partial charge in [-0.05, 0) is 0 Å². The number of rotatable bonds is 9. The molecule has 72 valence electrons. The summed E-state index contributed by atoms with van der Waals surface area (Å²) >= 11 is 0. The highest BCUT2D eigenvalue weighted by atomic mass is 16.5. The molecule has 0 aromatic carbocycles.